The maximum atomic E-state index is 12.0. The van der Waals surface area contributed by atoms with Gasteiger partial charge in [-0.25, -0.2) is 0 Å². The minimum atomic E-state index is -0.771. The van der Waals surface area contributed by atoms with Gasteiger partial charge in [-0.1, -0.05) is 30.3 Å². The van der Waals surface area contributed by atoms with Gasteiger partial charge in [-0.05, 0) is 51.5 Å². The van der Waals surface area contributed by atoms with Crippen molar-refractivity contribution >= 4 is 5.97 Å². The largest absolute Gasteiger partial charge is 0.459 e. The van der Waals surface area contributed by atoms with Crippen LogP contribution in [0.15, 0.2) is 30.3 Å². The summed E-state index contributed by atoms with van der Waals surface area (Å²) in [6.45, 7) is 5.61. The fraction of sp³-hybridized carbons (Fsp3) is 0.562. The number of carbonyl (C=O) groups is 1. The Kier molecular flexibility index (Phi) is 3.68. The summed E-state index contributed by atoms with van der Waals surface area (Å²) >= 11 is 0. The number of rotatable bonds is 3. The van der Waals surface area contributed by atoms with Gasteiger partial charge in [-0.15, -0.1) is 0 Å². The van der Waals surface area contributed by atoms with Gasteiger partial charge in [0.05, 0.1) is 0 Å². The molecule has 3 nitrogen and oxygen atoms in total. The maximum Gasteiger partial charge on any atom is 0.326 e. The molecular formula is C16H23NO2. The minimum absolute atomic E-state index is 0.260. The number of nitrogens with two attached hydrogens (primary N) is 1. The molecule has 19 heavy (non-hydrogen) atoms. The highest BCUT2D eigenvalue weighted by atomic mass is 16.6. The molecule has 0 amide bonds. The Labute approximate surface area is 115 Å². The average Bonchev–Trinajstić information content (AvgIpc) is 2.25. The number of carbonyl (C=O) groups excluding carboxylic acids is 1. The van der Waals surface area contributed by atoms with Crippen LogP contribution in [0.1, 0.15) is 39.2 Å². The van der Waals surface area contributed by atoms with Gasteiger partial charge in [0.2, 0.25) is 0 Å². The third-order valence-corrected chi connectivity index (χ3v) is 3.48. The van der Waals surface area contributed by atoms with Crippen LogP contribution in [0.5, 0.6) is 0 Å². The summed E-state index contributed by atoms with van der Waals surface area (Å²) in [4.78, 5) is 12.0. The first kappa shape index (κ1) is 14.1. The monoisotopic (exact) mass is 261 g/mol. The number of hydrogen-bond donors (Lipinski definition) is 1. The highest BCUT2D eigenvalue weighted by Crippen LogP contribution is 2.39. The highest BCUT2D eigenvalue weighted by molar-refractivity contribution is 5.82. The van der Waals surface area contributed by atoms with E-state index in [9.17, 15) is 4.79 Å². The molecule has 3 heteroatoms. The van der Waals surface area contributed by atoms with Crippen molar-refractivity contribution in [1.29, 1.82) is 0 Å². The number of hydrogen-bond acceptors (Lipinski definition) is 3. The third kappa shape index (κ3) is 3.57. The van der Waals surface area contributed by atoms with Crippen molar-refractivity contribution in [3.05, 3.63) is 35.9 Å². The number of benzene rings is 1. The van der Waals surface area contributed by atoms with Crippen molar-refractivity contribution in [2.24, 2.45) is 11.7 Å². The van der Waals surface area contributed by atoms with E-state index >= 15 is 0 Å². The maximum absolute atomic E-state index is 12.0. The molecule has 0 saturated heterocycles. The van der Waals surface area contributed by atoms with E-state index in [2.05, 4.69) is 12.1 Å². The first-order chi connectivity index (χ1) is 8.78. The SMILES string of the molecule is CC(C)(C)OC(=O)C1(N)CC(Cc2ccccc2)C1. The van der Waals surface area contributed by atoms with E-state index in [1.165, 1.54) is 5.56 Å². The summed E-state index contributed by atoms with van der Waals surface area (Å²) in [7, 11) is 0. The highest BCUT2D eigenvalue weighted by Gasteiger charge is 2.48. The Hall–Kier alpha value is -1.35. The summed E-state index contributed by atoms with van der Waals surface area (Å²) in [6, 6.07) is 10.3. The van der Waals surface area contributed by atoms with Gasteiger partial charge in [0.25, 0.3) is 0 Å². The fourth-order valence-corrected chi connectivity index (χ4v) is 2.61. The van der Waals surface area contributed by atoms with Crippen LogP contribution in [-0.4, -0.2) is 17.1 Å². The second kappa shape index (κ2) is 4.97. The lowest BCUT2D eigenvalue weighted by Gasteiger charge is -2.44. The van der Waals surface area contributed by atoms with E-state index in [0.29, 0.717) is 5.92 Å². The molecule has 1 saturated carbocycles. The lowest BCUT2D eigenvalue weighted by Crippen LogP contribution is -2.60. The zero-order chi connectivity index (χ0) is 14.1. The summed E-state index contributed by atoms with van der Waals surface area (Å²) in [5, 5.41) is 0. The molecule has 1 aromatic rings. The first-order valence-electron chi connectivity index (χ1n) is 6.85. The quantitative estimate of drug-likeness (QED) is 0.851. The van der Waals surface area contributed by atoms with Crippen LogP contribution in [0.3, 0.4) is 0 Å². The van der Waals surface area contributed by atoms with Crippen LogP contribution in [0.25, 0.3) is 0 Å². The topological polar surface area (TPSA) is 52.3 Å². The van der Waals surface area contributed by atoms with Crippen LogP contribution in [0, 0.1) is 5.92 Å². The Morgan fingerprint density at radius 3 is 2.42 bits per heavy atom. The molecule has 0 bridgehead atoms. The van der Waals surface area contributed by atoms with E-state index in [-0.39, 0.29) is 5.97 Å². The zero-order valence-electron chi connectivity index (χ0n) is 12.0. The van der Waals surface area contributed by atoms with Gasteiger partial charge in [-0.3, -0.25) is 4.79 Å². The molecule has 2 rings (SSSR count). The molecule has 1 aliphatic carbocycles. The predicted molar refractivity (Wildman–Crippen MR) is 75.6 cm³/mol. The molecule has 0 aliphatic heterocycles. The Morgan fingerprint density at radius 2 is 1.89 bits per heavy atom. The van der Waals surface area contributed by atoms with Gasteiger partial charge < -0.3 is 10.5 Å². The van der Waals surface area contributed by atoms with E-state index in [1.54, 1.807) is 0 Å². The molecule has 1 fully saturated rings. The summed E-state index contributed by atoms with van der Waals surface area (Å²) in [5.41, 5.74) is 6.19. The molecule has 0 heterocycles. The average molecular weight is 261 g/mol. The van der Waals surface area contributed by atoms with Crippen LogP contribution in [0.2, 0.25) is 0 Å². The van der Waals surface area contributed by atoms with E-state index in [4.69, 9.17) is 10.5 Å². The van der Waals surface area contributed by atoms with Crippen molar-refractivity contribution in [2.45, 2.75) is 51.2 Å². The molecule has 2 N–H and O–H groups in total. The second-order valence-corrected chi connectivity index (χ2v) is 6.62. The van der Waals surface area contributed by atoms with Crippen molar-refractivity contribution in [3.63, 3.8) is 0 Å². The standard InChI is InChI=1S/C16H23NO2/c1-15(2,3)19-14(18)16(17)10-13(11-16)9-12-7-5-4-6-8-12/h4-8,13H,9-11,17H2,1-3H3. The van der Waals surface area contributed by atoms with E-state index in [1.807, 2.05) is 39.0 Å². The molecule has 0 aromatic heterocycles. The van der Waals surface area contributed by atoms with Crippen LogP contribution >= 0.6 is 0 Å². The molecule has 0 spiro atoms. The van der Waals surface area contributed by atoms with Gasteiger partial charge >= 0.3 is 5.97 Å². The molecule has 0 unspecified atom stereocenters. The summed E-state index contributed by atoms with van der Waals surface area (Å²) < 4.78 is 5.38. The van der Waals surface area contributed by atoms with Gasteiger partial charge in [0.1, 0.15) is 11.1 Å². The molecule has 1 aliphatic rings. The Bertz CT molecular complexity index is 442. The number of ether oxygens (including phenoxy) is 1. The molecule has 0 atom stereocenters. The van der Waals surface area contributed by atoms with Crippen molar-refractivity contribution < 1.29 is 9.53 Å². The fourth-order valence-electron chi connectivity index (χ4n) is 2.61. The van der Waals surface area contributed by atoms with Crippen LogP contribution in [-0.2, 0) is 16.0 Å². The van der Waals surface area contributed by atoms with Crippen molar-refractivity contribution in [3.8, 4) is 0 Å². The Balaban J connectivity index is 1.86. The van der Waals surface area contributed by atoms with Crippen LogP contribution in [0.4, 0.5) is 0 Å². The minimum Gasteiger partial charge on any atom is -0.459 e. The lowest BCUT2D eigenvalue weighted by atomic mass is 9.66. The summed E-state index contributed by atoms with van der Waals surface area (Å²) in [6.07, 6.45) is 2.43. The van der Waals surface area contributed by atoms with Gasteiger partial charge in [-0.2, -0.15) is 0 Å². The van der Waals surface area contributed by atoms with E-state index in [0.717, 1.165) is 19.3 Å². The lowest BCUT2D eigenvalue weighted by molar-refractivity contribution is -0.167. The molecule has 104 valence electrons. The first-order valence-corrected chi connectivity index (χ1v) is 6.85. The molecular weight excluding hydrogens is 238 g/mol. The Morgan fingerprint density at radius 1 is 1.32 bits per heavy atom. The zero-order valence-corrected chi connectivity index (χ0v) is 12.0. The van der Waals surface area contributed by atoms with Gasteiger partial charge in [0, 0.05) is 0 Å². The van der Waals surface area contributed by atoms with Gasteiger partial charge in [0.15, 0.2) is 0 Å². The van der Waals surface area contributed by atoms with Crippen molar-refractivity contribution in [1.82, 2.24) is 0 Å². The number of esters is 1. The second-order valence-electron chi connectivity index (χ2n) is 6.62. The van der Waals surface area contributed by atoms with E-state index < -0.39 is 11.1 Å². The van der Waals surface area contributed by atoms with Crippen molar-refractivity contribution in [2.75, 3.05) is 0 Å². The summed E-state index contributed by atoms with van der Waals surface area (Å²) in [5.74, 6) is 0.226. The third-order valence-electron chi connectivity index (χ3n) is 3.48. The normalized spacial score (nSPS) is 26.6. The predicted octanol–water partition coefficient (Wildman–Crippen LogP) is 2.68. The molecule has 1 aromatic carbocycles. The van der Waals surface area contributed by atoms with Crippen LogP contribution < -0.4 is 5.73 Å². The molecule has 0 radical (unpaired) electrons. The smallest absolute Gasteiger partial charge is 0.326 e.